The van der Waals surface area contributed by atoms with E-state index in [0.717, 1.165) is 19.4 Å². The monoisotopic (exact) mass is 253 g/mol. The third-order valence-corrected chi connectivity index (χ3v) is 3.33. The molecule has 1 fully saturated rings. The van der Waals surface area contributed by atoms with E-state index in [2.05, 4.69) is 4.90 Å². The van der Waals surface area contributed by atoms with Crippen molar-refractivity contribution in [1.29, 1.82) is 0 Å². The van der Waals surface area contributed by atoms with E-state index in [-0.39, 0.29) is 5.56 Å². The predicted octanol–water partition coefficient (Wildman–Crippen LogP) is 1.63. The summed E-state index contributed by atoms with van der Waals surface area (Å²) in [5.41, 5.74) is -0.441. The SMILES string of the molecule is Cc1oc(CN2CCCC(C)(O)C2)cc1C(=O)O. The number of hydrogen-bond donors (Lipinski definition) is 2. The quantitative estimate of drug-likeness (QED) is 0.856. The number of hydrogen-bond acceptors (Lipinski definition) is 4. The van der Waals surface area contributed by atoms with E-state index in [4.69, 9.17) is 9.52 Å². The molecule has 1 unspecified atom stereocenters. The van der Waals surface area contributed by atoms with Gasteiger partial charge in [-0.1, -0.05) is 0 Å². The van der Waals surface area contributed by atoms with Crippen LogP contribution in [-0.2, 0) is 6.54 Å². The Kier molecular flexibility index (Phi) is 3.45. The summed E-state index contributed by atoms with van der Waals surface area (Å²) in [5.74, 6) is 0.108. The van der Waals surface area contributed by atoms with Gasteiger partial charge in [-0.2, -0.15) is 0 Å². The first-order valence-corrected chi connectivity index (χ1v) is 6.15. The number of aryl methyl sites for hydroxylation is 1. The first kappa shape index (κ1) is 13.1. The molecule has 18 heavy (non-hydrogen) atoms. The maximum Gasteiger partial charge on any atom is 0.339 e. The highest BCUT2D eigenvalue weighted by Crippen LogP contribution is 2.23. The number of rotatable bonds is 3. The number of aromatic carboxylic acids is 1. The molecule has 0 bridgehead atoms. The van der Waals surface area contributed by atoms with Crippen LogP contribution in [0.3, 0.4) is 0 Å². The molecule has 100 valence electrons. The van der Waals surface area contributed by atoms with E-state index < -0.39 is 11.6 Å². The number of aliphatic hydroxyl groups is 1. The maximum absolute atomic E-state index is 10.9. The lowest BCUT2D eigenvalue weighted by molar-refractivity contribution is -0.0199. The first-order chi connectivity index (χ1) is 8.37. The van der Waals surface area contributed by atoms with Gasteiger partial charge in [-0.25, -0.2) is 4.79 Å². The number of nitrogens with zero attached hydrogens (tertiary/aromatic N) is 1. The number of piperidine rings is 1. The molecule has 0 amide bonds. The average Bonchev–Trinajstić information content (AvgIpc) is 2.58. The van der Waals surface area contributed by atoms with Crippen LogP contribution in [-0.4, -0.2) is 39.8 Å². The minimum absolute atomic E-state index is 0.216. The molecule has 0 radical (unpaired) electrons. The molecule has 0 spiro atoms. The van der Waals surface area contributed by atoms with E-state index >= 15 is 0 Å². The molecule has 2 heterocycles. The Morgan fingerprint density at radius 2 is 2.33 bits per heavy atom. The summed E-state index contributed by atoms with van der Waals surface area (Å²) in [4.78, 5) is 13.0. The lowest BCUT2D eigenvalue weighted by Crippen LogP contribution is -2.45. The third kappa shape index (κ3) is 2.91. The van der Waals surface area contributed by atoms with Gasteiger partial charge in [0.2, 0.25) is 0 Å². The molecule has 1 aliphatic heterocycles. The van der Waals surface area contributed by atoms with Gasteiger partial charge < -0.3 is 14.6 Å². The normalized spacial score (nSPS) is 25.3. The van der Waals surface area contributed by atoms with Crippen LogP contribution in [0.25, 0.3) is 0 Å². The number of likely N-dealkylation sites (tertiary alicyclic amines) is 1. The molecular formula is C13H19NO4. The van der Waals surface area contributed by atoms with Crippen LogP contribution in [0.2, 0.25) is 0 Å². The van der Waals surface area contributed by atoms with Gasteiger partial charge in [-0.3, -0.25) is 4.90 Å². The molecule has 1 aliphatic rings. The van der Waals surface area contributed by atoms with E-state index in [1.165, 1.54) is 0 Å². The second-order valence-corrected chi connectivity index (χ2v) is 5.30. The predicted molar refractivity (Wildman–Crippen MR) is 65.5 cm³/mol. The molecule has 5 heteroatoms. The van der Waals surface area contributed by atoms with E-state index in [1.54, 1.807) is 13.0 Å². The van der Waals surface area contributed by atoms with Gasteiger partial charge in [0, 0.05) is 6.54 Å². The molecule has 0 aromatic carbocycles. The zero-order chi connectivity index (χ0) is 13.3. The molecule has 1 aromatic heterocycles. The van der Waals surface area contributed by atoms with Gasteiger partial charge in [-0.05, 0) is 39.3 Å². The number of β-amino-alcohol motifs (C(OH)–C–C–N with tert-alkyl or cyclic N) is 1. The van der Waals surface area contributed by atoms with Crippen LogP contribution in [0.4, 0.5) is 0 Å². The van der Waals surface area contributed by atoms with Gasteiger partial charge >= 0.3 is 5.97 Å². The van der Waals surface area contributed by atoms with Gasteiger partial charge in [0.05, 0.1) is 12.1 Å². The second-order valence-electron chi connectivity index (χ2n) is 5.30. The highest BCUT2D eigenvalue weighted by Gasteiger charge is 2.29. The summed E-state index contributed by atoms with van der Waals surface area (Å²) >= 11 is 0. The lowest BCUT2D eigenvalue weighted by Gasteiger charge is -2.36. The third-order valence-electron chi connectivity index (χ3n) is 3.33. The Bertz CT molecular complexity index is 450. The smallest absolute Gasteiger partial charge is 0.339 e. The van der Waals surface area contributed by atoms with Crippen LogP contribution in [0.1, 0.15) is 41.6 Å². The zero-order valence-electron chi connectivity index (χ0n) is 10.8. The zero-order valence-corrected chi connectivity index (χ0v) is 10.8. The minimum atomic E-state index is -0.965. The van der Waals surface area contributed by atoms with Crippen LogP contribution >= 0.6 is 0 Å². The number of carboxylic acids is 1. The van der Waals surface area contributed by atoms with Gasteiger partial charge in [0.1, 0.15) is 17.1 Å². The number of furan rings is 1. The summed E-state index contributed by atoms with van der Waals surface area (Å²) in [6, 6.07) is 1.57. The molecule has 2 N–H and O–H groups in total. The van der Waals surface area contributed by atoms with Crippen molar-refractivity contribution in [3.63, 3.8) is 0 Å². The summed E-state index contributed by atoms with van der Waals surface area (Å²) in [6.45, 7) is 5.52. The van der Waals surface area contributed by atoms with E-state index in [9.17, 15) is 9.90 Å². The highest BCUT2D eigenvalue weighted by atomic mass is 16.4. The van der Waals surface area contributed by atoms with Crippen LogP contribution in [0.15, 0.2) is 10.5 Å². The standard InChI is InChI=1S/C13H19NO4/c1-9-11(12(15)16)6-10(18-9)7-14-5-3-4-13(2,17)8-14/h6,17H,3-5,7-8H2,1-2H3,(H,15,16). The Hall–Kier alpha value is -1.33. The Labute approximate surface area is 106 Å². The van der Waals surface area contributed by atoms with Crippen molar-refractivity contribution in [2.75, 3.05) is 13.1 Å². The van der Waals surface area contributed by atoms with Crippen molar-refractivity contribution < 1.29 is 19.4 Å². The molecule has 5 nitrogen and oxygen atoms in total. The second kappa shape index (κ2) is 4.74. The van der Waals surface area contributed by atoms with Crippen molar-refractivity contribution in [3.8, 4) is 0 Å². The molecular weight excluding hydrogens is 234 g/mol. The Balaban J connectivity index is 2.05. The van der Waals surface area contributed by atoms with Crippen molar-refractivity contribution in [1.82, 2.24) is 4.90 Å². The summed E-state index contributed by atoms with van der Waals surface area (Å²) < 4.78 is 5.44. The fourth-order valence-electron chi connectivity index (χ4n) is 2.51. The summed E-state index contributed by atoms with van der Waals surface area (Å²) in [7, 11) is 0. The minimum Gasteiger partial charge on any atom is -0.478 e. The molecule has 1 saturated heterocycles. The lowest BCUT2D eigenvalue weighted by atomic mass is 9.95. The average molecular weight is 253 g/mol. The topological polar surface area (TPSA) is 73.9 Å². The highest BCUT2D eigenvalue weighted by molar-refractivity contribution is 5.88. The van der Waals surface area contributed by atoms with E-state index in [1.807, 2.05) is 6.92 Å². The molecule has 1 aromatic rings. The van der Waals surface area contributed by atoms with Crippen molar-refractivity contribution in [3.05, 3.63) is 23.2 Å². The van der Waals surface area contributed by atoms with E-state index in [0.29, 0.717) is 24.6 Å². The molecule has 0 saturated carbocycles. The first-order valence-electron chi connectivity index (χ1n) is 6.15. The number of carboxylic acid groups (broad SMARTS) is 1. The van der Waals surface area contributed by atoms with Gasteiger partial charge in [0.25, 0.3) is 0 Å². The fourth-order valence-corrected chi connectivity index (χ4v) is 2.51. The number of carbonyl (C=O) groups is 1. The summed E-state index contributed by atoms with van der Waals surface area (Å²) in [6.07, 6.45) is 1.75. The molecule has 2 rings (SSSR count). The van der Waals surface area contributed by atoms with Crippen molar-refractivity contribution >= 4 is 5.97 Å². The largest absolute Gasteiger partial charge is 0.478 e. The molecule has 0 aliphatic carbocycles. The Morgan fingerprint density at radius 1 is 1.61 bits per heavy atom. The van der Waals surface area contributed by atoms with Crippen molar-refractivity contribution in [2.24, 2.45) is 0 Å². The van der Waals surface area contributed by atoms with Crippen LogP contribution in [0.5, 0.6) is 0 Å². The van der Waals surface area contributed by atoms with Crippen LogP contribution in [0, 0.1) is 6.92 Å². The summed E-state index contributed by atoms with van der Waals surface area (Å²) in [5, 5.41) is 19.0. The van der Waals surface area contributed by atoms with Crippen LogP contribution < -0.4 is 0 Å². The Morgan fingerprint density at radius 3 is 2.89 bits per heavy atom. The van der Waals surface area contributed by atoms with Gasteiger partial charge in [0.15, 0.2) is 0 Å². The molecule has 1 atom stereocenters. The van der Waals surface area contributed by atoms with Gasteiger partial charge in [-0.15, -0.1) is 0 Å². The maximum atomic E-state index is 10.9. The van der Waals surface area contributed by atoms with Crippen molar-refractivity contribution in [2.45, 2.75) is 38.8 Å². The fraction of sp³-hybridized carbons (Fsp3) is 0.615.